The van der Waals surface area contributed by atoms with Gasteiger partial charge in [-0.25, -0.2) is 4.39 Å². The molecule has 0 aromatic heterocycles. The maximum atomic E-state index is 13.8. The lowest BCUT2D eigenvalue weighted by Crippen LogP contribution is -2.51. The number of nitrogens with one attached hydrogen (secondary N) is 1. The molecule has 4 nitrogen and oxygen atoms in total. The molecule has 2 unspecified atom stereocenters. The summed E-state index contributed by atoms with van der Waals surface area (Å²) in [4.78, 5) is 28.1. The summed E-state index contributed by atoms with van der Waals surface area (Å²) in [5, 5.41) is 2.51. The lowest BCUT2D eigenvalue weighted by Gasteiger charge is -2.35. The molecule has 2 amide bonds. The topological polar surface area (TPSA) is 49.4 Å². The summed E-state index contributed by atoms with van der Waals surface area (Å²) in [7, 11) is 0. The van der Waals surface area contributed by atoms with E-state index in [4.69, 9.17) is 0 Å². The van der Waals surface area contributed by atoms with E-state index in [1.165, 1.54) is 36.4 Å². The van der Waals surface area contributed by atoms with Crippen molar-refractivity contribution < 1.29 is 27.2 Å². The first-order chi connectivity index (χ1) is 16.2. The Balaban J connectivity index is 1.52. The van der Waals surface area contributed by atoms with Crippen LogP contribution in [-0.2, 0) is 17.5 Å². The van der Waals surface area contributed by atoms with Crippen molar-refractivity contribution in [2.24, 2.45) is 5.92 Å². The molecule has 1 saturated carbocycles. The number of hydrogen-bond acceptors (Lipinski definition) is 3. The predicted molar refractivity (Wildman–Crippen MR) is 122 cm³/mol. The van der Waals surface area contributed by atoms with Gasteiger partial charge < -0.3 is 10.2 Å². The van der Waals surface area contributed by atoms with Gasteiger partial charge in [-0.1, -0.05) is 37.5 Å². The van der Waals surface area contributed by atoms with Crippen LogP contribution < -0.4 is 5.32 Å². The van der Waals surface area contributed by atoms with E-state index in [0.29, 0.717) is 11.3 Å². The lowest BCUT2D eigenvalue weighted by atomic mass is 9.88. The number of amides is 2. The second-order valence-electron chi connectivity index (χ2n) is 8.78. The maximum absolute atomic E-state index is 13.8. The Kier molecular flexibility index (Phi) is 7.50. The highest BCUT2D eigenvalue weighted by Crippen LogP contribution is 2.41. The van der Waals surface area contributed by atoms with Gasteiger partial charge in [0.15, 0.2) is 0 Å². The van der Waals surface area contributed by atoms with E-state index in [1.807, 2.05) is 0 Å². The minimum atomic E-state index is -4.47. The normalized spacial score (nSPS) is 21.5. The SMILES string of the molecule is O=C(NCc1cccc(C(F)(F)F)c1)C1CSC(C2CCCCC2)N1C(=O)c1cccc(F)c1. The number of hydrogen-bond donors (Lipinski definition) is 1. The zero-order valence-electron chi connectivity index (χ0n) is 18.5. The molecule has 0 radical (unpaired) electrons. The quantitative estimate of drug-likeness (QED) is 0.549. The second-order valence-corrected chi connectivity index (χ2v) is 9.93. The molecular formula is C25H26F4N2O2S. The summed E-state index contributed by atoms with van der Waals surface area (Å²) in [5.41, 5.74) is -0.282. The van der Waals surface area contributed by atoms with Gasteiger partial charge in [0.05, 0.1) is 10.9 Å². The van der Waals surface area contributed by atoms with Crippen LogP contribution in [-0.4, -0.2) is 33.9 Å². The van der Waals surface area contributed by atoms with Crippen molar-refractivity contribution >= 4 is 23.6 Å². The number of benzene rings is 2. The van der Waals surface area contributed by atoms with Crippen LogP contribution in [0.25, 0.3) is 0 Å². The van der Waals surface area contributed by atoms with Crippen LogP contribution in [0.3, 0.4) is 0 Å². The van der Waals surface area contributed by atoms with E-state index in [-0.39, 0.29) is 23.4 Å². The molecule has 2 aromatic carbocycles. The van der Waals surface area contributed by atoms with Crippen LogP contribution >= 0.6 is 11.8 Å². The highest BCUT2D eigenvalue weighted by molar-refractivity contribution is 8.00. The highest BCUT2D eigenvalue weighted by atomic mass is 32.2. The van der Waals surface area contributed by atoms with Crippen molar-refractivity contribution in [3.05, 3.63) is 71.0 Å². The average Bonchev–Trinajstić information content (AvgIpc) is 3.27. The van der Waals surface area contributed by atoms with Crippen molar-refractivity contribution in [2.75, 3.05) is 5.75 Å². The second kappa shape index (κ2) is 10.4. The Hall–Kier alpha value is -2.55. The molecule has 34 heavy (non-hydrogen) atoms. The van der Waals surface area contributed by atoms with Gasteiger partial charge in [0, 0.05) is 17.9 Å². The van der Waals surface area contributed by atoms with E-state index in [0.717, 1.165) is 44.2 Å². The van der Waals surface area contributed by atoms with Crippen LogP contribution in [0.5, 0.6) is 0 Å². The van der Waals surface area contributed by atoms with Gasteiger partial charge in [-0.05, 0) is 54.7 Å². The molecule has 1 aliphatic carbocycles. The average molecular weight is 495 g/mol. The summed E-state index contributed by atoms with van der Waals surface area (Å²) in [6.07, 6.45) is 0.731. The Bertz CT molecular complexity index is 1040. The lowest BCUT2D eigenvalue weighted by molar-refractivity contribution is -0.137. The Morgan fingerprint density at radius 3 is 2.47 bits per heavy atom. The molecule has 1 N–H and O–H groups in total. The van der Waals surface area contributed by atoms with E-state index in [1.54, 1.807) is 16.7 Å². The molecule has 4 rings (SSSR count). The molecular weight excluding hydrogens is 468 g/mol. The number of halogens is 4. The molecule has 182 valence electrons. The van der Waals surface area contributed by atoms with Gasteiger partial charge in [-0.15, -0.1) is 11.8 Å². The molecule has 0 bridgehead atoms. The smallest absolute Gasteiger partial charge is 0.350 e. The fraction of sp³-hybridized carbons (Fsp3) is 0.440. The third-order valence-electron chi connectivity index (χ3n) is 6.42. The predicted octanol–water partition coefficient (Wildman–Crippen LogP) is 5.62. The number of alkyl halides is 3. The van der Waals surface area contributed by atoms with Gasteiger partial charge in [-0.2, -0.15) is 13.2 Å². The largest absolute Gasteiger partial charge is 0.416 e. The first-order valence-electron chi connectivity index (χ1n) is 11.4. The first kappa shape index (κ1) is 24.6. The summed E-state index contributed by atoms with van der Waals surface area (Å²) in [5.74, 6) is -0.723. The zero-order chi connectivity index (χ0) is 24.3. The van der Waals surface area contributed by atoms with E-state index in [9.17, 15) is 27.2 Å². The number of nitrogens with zero attached hydrogens (tertiary/aromatic N) is 1. The van der Waals surface area contributed by atoms with Crippen molar-refractivity contribution in [1.29, 1.82) is 0 Å². The van der Waals surface area contributed by atoms with Crippen molar-refractivity contribution in [3.8, 4) is 0 Å². The van der Waals surface area contributed by atoms with Gasteiger partial charge in [-0.3, -0.25) is 9.59 Å². The minimum Gasteiger partial charge on any atom is -0.350 e. The Labute approximate surface area is 200 Å². The van der Waals surface area contributed by atoms with Gasteiger partial charge in [0.2, 0.25) is 5.91 Å². The van der Waals surface area contributed by atoms with Crippen molar-refractivity contribution in [2.45, 2.75) is 56.2 Å². The van der Waals surface area contributed by atoms with E-state index in [2.05, 4.69) is 5.32 Å². The third kappa shape index (κ3) is 5.56. The third-order valence-corrected chi connectivity index (χ3v) is 7.88. The van der Waals surface area contributed by atoms with Gasteiger partial charge in [0.25, 0.3) is 5.91 Å². The van der Waals surface area contributed by atoms with Crippen molar-refractivity contribution in [3.63, 3.8) is 0 Å². The fourth-order valence-electron chi connectivity index (χ4n) is 4.70. The summed E-state index contributed by atoms with van der Waals surface area (Å²) >= 11 is 1.55. The number of thioether (sulfide) groups is 1. The summed E-state index contributed by atoms with van der Waals surface area (Å²) in [6, 6.07) is 9.44. The van der Waals surface area contributed by atoms with Gasteiger partial charge >= 0.3 is 6.18 Å². The number of rotatable bonds is 5. The standard InChI is InChI=1S/C25H26F4N2O2S/c26-20-11-5-9-18(13-20)23(33)31-21(15-34-24(31)17-7-2-1-3-8-17)22(32)30-14-16-6-4-10-19(12-16)25(27,28)29/h4-6,9-13,17,21,24H,1-3,7-8,14-15H2,(H,30,32). The molecule has 2 fully saturated rings. The Morgan fingerprint density at radius 1 is 1.03 bits per heavy atom. The van der Waals surface area contributed by atoms with Crippen LogP contribution in [0, 0.1) is 11.7 Å². The van der Waals surface area contributed by atoms with E-state index >= 15 is 0 Å². The monoisotopic (exact) mass is 494 g/mol. The van der Waals surface area contributed by atoms with Crippen LogP contribution in [0.1, 0.15) is 53.6 Å². The van der Waals surface area contributed by atoms with E-state index < -0.39 is 35.4 Å². The molecule has 2 aromatic rings. The molecule has 1 heterocycles. The fourth-order valence-corrected chi connectivity index (χ4v) is 6.34. The summed E-state index contributed by atoms with van der Waals surface area (Å²) in [6.45, 7) is -0.0833. The number of carbonyl (C=O) groups excluding carboxylic acids is 2. The van der Waals surface area contributed by atoms with Crippen LogP contribution in [0.15, 0.2) is 48.5 Å². The molecule has 9 heteroatoms. The molecule has 1 saturated heterocycles. The van der Waals surface area contributed by atoms with Crippen LogP contribution in [0.2, 0.25) is 0 Å². The highest BCUT2D eigenvalue weighted by Gasteiger charge is 2.45. The van der Waals surface area contributed by atoms with Crippen molar-refractivity contribution in [1.82, 2.24) is 10.2 Å². The first-order valence-corrected chi connectivity index (χ1v) is 12.4. The van der Waals surface area contributed by atoms with Crippen LogP contribution in [0.4, 0.5) is 17.6 Å². The summed E-state index contributed by atoms with van der Waals surface area (Å²) < 4.78 is 52.8. The zero-order valence-corrected chi connectivity index (χ0v) is 19.3. The van der Waals surface area contributed by atoms with Gasteiger partial charge in [0.1, 0.15) is 11.9 Å². The molecule has 0 spiro atoms. The maximum Gasteiger partial charge on any atom is 0.416 e. The number of carbonyl (C=O) groups is 2. The Morgan fingerprint density at radius 2 is 1.76 bits per heavy atom. The molecule has 2 atom stereocenters. The molecule has 1 aliphatic heterocycles. The minimum absolute atomic E-state index is 0.0833. The molecule has 2 aliphatic rings.